The summed E-state index contributed by atoms with van der Waals surface area (Å²) in [5, 5.41) is 0. The van der Waals surface area contributed by atoms with Crippen molar-refractivity contribution in [1.82, 2.24) is 4.90 Å². The lowest BCUT2D eigenvalue weighted by molar-refractivity contribution is 0.0757. The van der Waals surface area contributed by atoms with Crippen LogP contribution >= 0.6 is 0 Å². The van der Waals surface area contributed by atoms with Gasteiger partial charge in [0.15, 0.2) is 0 Å². The fourth-order valence-corrected chi connectivity index (χ4v) is 3.08. The molecule has 0 atom stereocenters. The second-order valence-electron chi connectivity index (χ2n) is 5.84. The molecule has 0 saturated heterocycles. The average molecular weight is 290 g/mol. The van der Waals surface area contributed by atoms with Crippen LogP contribution in [0.3, 0.4) is 0 Å². The predicted octanol–water partition coefficient (Wildman–Crippen LogP) is 3.32. The molecule has 0 aromatic heterocycles. The summed E-state index contributed by atoms with van der Waals surface area (Å²) in [6.45, 7) is 3.23. The third-order valence-corrected chi connectivity index (χ3v) is 4.18. The summed E-state index contributed by atoms with van der Waals surface area (Å²) in [5.41, 5.74) is 6.98. The summed E-state index contributed by atoms with van der Waals surface area (Å²) in [6.07, 6.45) is 6.34. The lowest BCUT2D eigenvalue weighted by Gasteiger charge is -2.27. The molecule has 2 N–H and O–H groups in total. The fraction of sp³-hybridized carbons (Fsp3) is 0.588. The maximum atomic E-state index is 12.7. The maximum absolute atomic E-state index is 12.7. The molecule has 4 heteroatoms. The van der Waals surface area contributed by atoms with E-state index in [1.54, 1.807) is 11.0 Å². The standard InChI is InChI=1S/C17H26N2O2/c1-3-21-15-11-7-10-14(18)16(15)17(20)19(2)12-13-8-5-4-6-9-13/h7,10-11,13H,3-6,8-9,12,18H2,1-2H3. The minimum atomic E-state index is -0.0397. The van der Waals surface area contributed by atoms with Crippen molar-refractivity contribution in [2.75, 3.05) is 25.9 Å². The second-order valence-corrected chi connectivity index (χ2v) is 5.84. The molecule has 0 radical (unpaired) electrons. The normalized spacial score (nSPS) is 15.7. The molecule has 1 amide bonds. The van der Waals surface area contributed by atoms with Gasteiger partial charge in [0.2, 0.25) is 0 Å². The Hall–Kier alpha value is -1.71. The molecule has 0 spiro atoms. The number of nitrogen functional groups attached to an aromatic ring is 1. The van der Waals surface area contributed by atoms with Crippen LogP contribution in [0, 0.1) is 5.92 Å². The summed E-state index contributed by atoms with van der Waals surface area (Å²) in [5.74, 6) is 1.16. The molecule has 2 rings (SSSR count). The number of rotatable bonds is 5. The first kappa shape index (κ1) is 15.7. The van der Waals surface area contributed by atoms with Crippen molar-refractivity contribution in [2.24, 2.45) is 5.92 Å². The Morgan fingerprint density at radius 3 is 2.71 bits per heavy atom. The molecule has 0 unspecified atom stereocenters. The number of nitrogens with two attached hydrogens (primary N) is 1. The molecule has 1 aliphatic rings. The SMILES string of the molecule is CCOc1cccc(N)c1C(=O)N(C)CC1CCCCC1. The fourth-order valence-electron chi connectivity index (χ4n) is 3.08. The van der Waals surface area contributed by atoms with Crippen molar-refractivity contribution >= 4 is 11.6 Å². The molecule has 4 nitrogen and oxygen atoms in total. The highest BCUT2D eigenvalue weighted by atomic mass is 16.5. The number of hydrogen-bond donors (Lipinski definition) is 1. The van der Waals surface area contributed by atoms with Crippen molar-refractivity contribution < 1.29 is 9.53 Å². The summed E-state index contributed by atoms with van der Waals surface area (Å²) < 4.78 is 5.55. The van der Waals surface area contributed by atoms with E-state index in [2.05, 4.69) is 0 Å². The molecule has 1 aromatic carbocycles. The van der Waals surface area contributed by atoms with Crippen molar-refractivity contribution in [3.63, 3.8) is 0 Å². The third-order valence-electron chi connectivity index (χ3n) is 4.18. The summed E-state index contributed by atoms with van der Waals surface area (Å²) in [6, 6.07) is 5.38. The molecule has 116 valence electrons. The van der Waals surface area contributed by atoms with Crippen molar-refractivity contribution in [2.45, 2.75) is 39.0 Å². The number of hydrogen-bond acceptors (Lipinski definition) is 3. The van der Waals surface area contributed by atoms with E-state index < -0.39 is 0 Å². The average Bonchev–Trinajstić information content (AvgIpc) is 2.48. The van der Waals surface area contributed by atoms with Gasteiger partial charge in [-0.05, 0) is 37.8 Å². The van der Waals surface area contributed by atoms with E-state index in [4.69, 9.17) is 10.5 Å². The number of ether oxygens (including phenoxy) is 1. The minimum absolute atomic E-state index is 0.0397. The van der Waals surface area contributed by atoms with Gasteiger partial charge < -0.3 is 15.4 Å². The summed E-state index contributed by atoms with van der Waals surface area (Å²) in [7, 11) is 1.86. The van der Waals surface area contributed by atoms with E-state index >= 15 is 0 Å². The Balaban J connectivity index is 2.11. The minimum Gasteiger partial charge on any atom is -0.493 e. The van der Waals surface area contributed by atoms with Crippen molar-refractivity contribution in [3.8, 4) is 5.75 Å². The van der Waals surface area contributed by atoms with E-state index in [1.165, 1.54) is 32.1 Å². The number of amides is 1. The Kier molecular flexibility index (Phi) is 5.48. The highest BCUT2D eigenvalue weighted by Crippen LogP contribution is 2.28. The number of benzene rings is 1. The largest absolute Gasteiger partial charge is 0.493 e. The Morgan fingerprint density at radius 1 is 1.33 bits per heavy atom. The van der Waals surface area contributed by atoms with Gasteiger partial charge in [-0.3, -0.25) is 4.79 Å². The second kappa shape index (κ2) is 7.34. The first-order valence-electron chi connectivity index (χ1n) is 7.90. The van der Waals surface area contributed by atoms with Gasteiger partial charge in [-0.1, -0.05) is 25.3 Å². The predicted molar refractivity (Wildman–Crippen MR) is 85.6 cm³/mol. The van der Waals surface area contributed by atoms with Crippen LogP contribution in [0.4, 0.5) is 5.69 Å². The van der Waals surface area contributed by atoms with Crippen LogP contribution in [0.1, 0.15) is 49.4 Å². The molecular formula is C17H26N2O2. The highest BCUT2D eigenvalue weighted by Gasteiger charge is 2.23. The van der Waals surface area contributed by atoms with Crippen LogP contribution in [0.15, 0.2) is 18.2 Å². The zero-order valence-corrected chi connectivity index (χ0v) is 13.1. The van der Waals surface area contributed by atoms with Crippen LogP contribution < -0.4 is 10.5 Å². The van der Waals surface area contributed by atoms with Crippen LogP contribution in [0.25, 0.3) is 0 Å². The molecule has 1 fully saturated rings. The smallest absolute Gasteiger partial charge is 0.259 e. The van der Waals surface area contributed by atoms with Crippen LogP contribution in [0.2, 0.25) is 0 Å². The van der Waals surface area contributed by atoms with Gasteiger partial charge in [0.05, 0.1) is 6.61 Å². The van der Waals surface area contributed by atoms with E-state index in [1.807, 2.05) is 26.1 Å². The lowest BCUT2D eigenvalue weighted by atomic mass is 9.89. The number of nitrogens with zero attached hydrogens (tertiary/aromatic N) is 1. The quantitative estimate of drug-likeness (QED) is 0.846. The van der Waals surface area contributed by atoms with Crippen molar-refractivity contribution in [3.05, 3.63) is 23.8 Å². The van der Waals surface area contributed by atoms with Crippen LogP contribution in [-0.4, -0.2) is 31.0 Å². The molecule has 0 bridgehead atoms. The molecule has 0 aliphatic heterocycles. The third kappa shape index (κ3) is 3.90. The van der Waals surface area contributed by atoms with Gasteiger partial charge in [0, 0.05) is 19.3 Å². The molecule has 1 aromatic rings. The highest BCUT2D eigenvalue weighted by molar-refractivity contribution is 6.01. The van der Waals surface area contributed by atoms with Crippen molar-refractivity contribution in [1.29, 1.82) is 0 Å². The Labute approximate surface area is 127 Å². The molecular weight excluding hydrogens is 264 g/mol. The summed E-state index contributed by atoms with van der Waals surface area (Å²) >= 11 is 0. The molecule has 1 saturated carbocycles. The van der Waals surface area contributed by atoms with E-state index in [0.29, 0.717) is 29.5 Å². The van der Waals surface area contributed by atoms with Crippen LogP contribution in [0.5, 0.6) is 5.75 Å². The topological polar surface area (TPSA) is 55.6 Å². The van der Waals surface area contributed by atoms with Gasteiger partial charge in [-0.2, -0.15) is 0 Å². The number of carbonyl (C=O) groups excluding carboxylic acids is 1. The van der Waals surface area contributed by atoms with E-state index in [-0.39, 0.29) is 5.91 Å². The van der Waals surface area contributed by atoms with Gasteiger partial charge >= 0.3 is 0 Å². The van der Waals surface area contributed by atoms with Gasteiger partial charge in [0.1, 0.15) is 11.3 Å². The first-order chi connectivity index (χ1) is 10.1. The molecule has 0 heterocycles. The lowest BCUT2D eigenvalue weighted by Crippen LogP contribution is -2.33. The maximum Gasteiger partial charge on any atom is 0.259 e. The van der Waals surface area contributed by atoms with Crippen LogP contribution in [-0.2, 0) is 0 Å². The van der Waals surface area contributed by atoms with Gasteiger partial charge in [-0.25, -0.2) is 0 Å². The van der Waals surface area contributed by atoms with Gasteiger partial charge in [0.25, 0.3) is 5.91 Å². The number of anilines is 1. The zero-order chi connectivity index (χ0) is 15.2. The Morgan fingerprint density at radius 2 is 2.05 bits per heavy atom. The monoisotopic (exact) mass is 290 g/mol. The summed E-state index contributed by atoms with van der Waals surface area (Å²) in [4.78, 5) is 14.5. The van der Waals surface area contributed by atoms with E-state index in [0.717, 1.165) is 6.54 Å². The van der Waals surface area contributed by atoms with Gasteiger partial charge in [-0.15, -0.1) is 0 Å². The first-order valence-corrected chi connectivity index (χ1v) is 7.90. The molecule has 1 aliphatic carbocycles. The Bertz CT molecular complexity index is 482. The van der Waals surface area contributed by atoms with E-state index in [9.17, 15) is 4.79 Å². The number of carbonyl (C=O) groups is 1. The zero-order valence-electron chi connectivity index (χ0n) is 13.1. The molecule has 21 heavy (non-hydrogen) atoms.